The lowest BCUT2D eigenvalue weighted by atomic mass is 10.1. The van der Waals surface area contributed by atoms with Gasteiger partial charge >= 0.3 is 6.03 Å². The lowest BCUT2D eigenvalue weighted by molar-refractivity contribution is -0.118. The predicted octanol–water partition coefficient (Wildman–Crippen LogP) is 0.770. The first kappa shape index (κ1) is 18.2. The first-order chi connectivity index (χ1) is 10.9. The molecule has 0 aliphatic carbocycles. The fourth-order valence-electron chi connectivity index (χ4n) is 1.93. The number of hydrogen-bond donors (Lipinski definition) is 4. The van der Waals surface area contributed by atoms with Gasteiger partial charge in [-0.15, -0.1) is 0 Å². The highest BCUT2D eigenvalue weighted by molar-refractivity contribution is 5.99. The third kappa shape index (κ3) is 6.64. The minimum atomic E-state index is -0.813. The smallest absolute Gasteiger partial charge is 0.325 e. The molecule has 1 atom stereocenters. The summed E-state index contributed by atoms with van der Waals surface area (Å²) in [5, 5.41) is 6.91. The number of nitrogens with one attached hydrogen (secondary N) is 3. The van der Waals surface area contributed by atoms with Gasteiger partial charge in [-0.2, -0.15) is 0 Å². The average molecular weight is 318 g/mol. The summed E-state index contributed by atoms with van der Waals surface area (Å²) in [5.41, 5.74) is 6.87. The van der Waals surface area contributed by atoms with E-state index in [1.807, 2.05) is 42.6 Å². The summed E-state index contributed by atoms with van der Waals surface area (Å²) in [7, 11) is 0. The molecule has 0 fully saturated rings. The number of carbonyl (C=O) groups excluding carboxylic acids is 3. The molecule has 0 aliphatic rings. The number of aryl methyl sites for hydroxylation is 1. The average Bonchev–Trinajstić information content (AvgIpc) is 2.51. The van der Waals surface area contributed by atoms with Gasteiger partial charge in [0.1, 0.15) is 5.70 Å². The van der Waals surface area contributed by atoms with Gasteiger partial charge in [0.05, 0.1) is 0 Å². The van der Waals surface area contributed by atoms with E-state index < -0.39 is 11.9 Å². The lowest BCUT2D eigenvalue weighted by Crippen LogP contribution is -2.43. The molecule has 1 unspecified atom stereocenters. The van der Waals surface area contributed by atoms with Crippen molar-refractivity contribution in [2.24, 2.45) is 5.73 Å². The van der Waals surface area contributed by atoms with Crippen LogP contribution in [0.3, 0.4) is 0 Å². The van der Waals surface area contributed by atoms with Crippen LogP contribution in [0.25, 0.3) is 0 Å². The lowest BCUT2D eigenvalue weighted by Gasteiger charge is -2.16. The highest BCUT2D eigenvalue weighted by Crippen LogP contribution is 2.05. The Kier molecular flexibility index (Phi) is 7.32. The van der Waals surface area contributed by atoms with E-state index in [4.69, 9.17) is 5.73 Å². The molecule has 23 heavy (non-hydrogen) atoms. The molecule has 0 heterocycles. The van der Waals surface area contributed by atoms with E-state index in [1.165, 1.54) is 12.5 Å². The number of amides is 4. The minimum Gasteiger partial charge on any atom is -0.400 e. The zero-order valence-electron chi connectivity index (χ0n) is 13.3. The third-order valence-corrected chi connectivity index (χ3v) is 3.14. The van der Waals surface area contributed by atoms with Crippen molar-refractivity contribution in [1.82, 2.24) is 16.0 Å². The van der Waals surface area contributed by atoms with E-state index in [9.17, 15) is 14.4 Å². The van der Waals surface area contributed by atoms with Gasteiger partial charge in [-0.1, -0.05) is 30.3 Å². The maximum absolute atomic E-state index is 12.2. The number of imide groups is 1. The molecule has 0 aliphatic heterocycles. The van der Waals surface area contributed by atoms with Crippen LogP contribution in [0.5, 0.6) is 0 Å². The van der Waals surface area contributed by atoms with Crippen LogP contribution in [0.15, 0.2) is 41.7 Å². The molecule has 4 amide bonds. The predicted molar refractivity (Wildman–Crippen MR) is 87.0 cm³/mol. The summed E-state index contributed by atoms with van der Waals surface area (Å²) in [6, 6.07) is 9.01. The highest BCUT2D eigenvalue weighted by atomic mass is 16.2. The van der Waals surface area contributed by atoms with Gasteiger partial charge < -0.3 is 16.4 Å². The fraction of sp³-hybridized carbons (Fsp3) is 0.312. The first-order valence-corrected chi connectivity index (χ1v) is 7.26. The highest BCUT2D eigenvalue weighted by Gasteiger charge is 2.17. The van der Waals surface area contributed by atoms with Crippen molar-refractivity contribution in [2.75, 3.05) is 0 Å². The number of rotatable bonds is 7. The number of hydrogen-bond acceptors (Lipinski definition) is 4. The summed E-state index contributed by atoms with van der Waals surface area (Å²) in [6.07, 6.45) is 1.79. The second-order valence-electron chi connectivity index (χ2n) is 5.17. The molecule has 1 aromatic rings. The Morgan fingerprint density at radius 1 is 1.26 bits per heavy atom. The molecule has 7 heteroatoms. The fourth-order valence-corrected chi connectivity index (χ4v) is 1.93. The van der Waals surface area contributed by atoms with Gasteiger partial charge in [-0.05, 0) is 32.3 Å². The molecule has 0 spiro atoms. The summed E-state index contributed by atoms with van der Waals surface area (Å²) in [5.74, 6) is -0.494. The number of carbonyl (C=O) groups is 3. The zero-order chi connectivity index (χ0) is 17.2. The molecule has 1 rings (SSSR count). The quantitative estimate of drug-likeness (QED) is 0.439. The maximum Gasteiger partial charge on any atom is 0.325 e. The number of urea groups is 1. The van der Waals surface area contributed by atoms with Crippen molar-refractivity contribution >= 4 is 18.3 Å². The van der Waals surface area contributed by atoms with E-state index in [-0.39, 0.29) is 23.8 Å². The Hall–Kier alpha value is -2.83. The summed E-state index contributed by atoms with van der Waals surface area (Å²) in [6.45, 7) is 3.36. The molecule has 7 nitrogen and oxygen atoms in total. The molecule has 0 saturated heterocycles. The maximum atomic E-state index is 12.2. The topological polar surface area (TPSA) is 113 Å². The normalized spacial score (nSPS) is 12.6. The molecule has 0 bridgehead atoms. The molecule has 1 aromatic carbocycles. The molecule has 124 valence electrons. The summed E-state index contributed by atoms with van der Waals surface area (Å²) >= 11 is 0. The minimum absolute atomic E-state index is 0.0732. The second-order valence-corrected chi connectivity index (χ2v) is 5.17. The monoisotopic (exact) mass is 318 g/mol. The molecule has 0 saturated carbocycles. The zero-order valence-corrected chi connectivity index (χ0v) is 13.3. The van der Waals surface area contributed by atoms with E-state index in [2.05, 4.69) is 10.6 Å². The van der Waals surface area contributed by atoms with Crippen molar-refractivity contribution in [2.45, 2.75) is 32.7 Å². The van der Waals surface area contributed by atoms with Gasteiger partial charge in [0.2, 0.25) is 6.41 Å². The van der Waals surface area contributed by atoms with E-state index >= 15 is 0 Å². The number of nitrogens with two attached hydrogens (primary N) is 1. The van der Waals surface area contributed by atoms with Crippen LogP contribution < -0.4 is 21.7 Å². The number of benzene rings is 1. The molecule has 0 radical (unpaired) electrons. The van der Waals surface area contributed by atoms with Crippen molar-refractivity contribution in [1.29, 1.82) is 0 Å². The molecular weight excluding hydrogens is 296 g/mol. The van der Waals surface area contributed by atoms with E-state index in [0.29, 0.717) is 0 Å². The van der Waals surface area contributed by atoms with Crippen molar-refractivity contribution < 1.29 is 14.4 Å². The largest absolute Gasteiger partial charge is 0.400 e. The van der Waals surface area contributed by atoms with Gasteiger partial charge in [-0.3, -0.25) is 14.9 Å². The Morgan fingerprint density at radius 3 is 2.48 bits per heavy atom. The van der Waals surface area contributed by atoms with Gasteiger partial charge in [-0.25, -0.2) is 4.79 Å². The molecule has 0 aromatic heterocycles. The Bertz CT molecular complexity index is 580. The van der Waals surface area contributed by atoms with Crippen LogP contribution in [0.2, 0.25) is 0 Å². The number of allylic oxidation sites excluding steroid dienone is 1. The third-order valence-electron chi connectivity index (χ3n) is 3.14. The van der Waals surface area contributed by atoms with Gasteiger partial charge in [0.25, 0.3) is 5.91 Å². The SMILES string of the molecule is C/C(N)=C(\NC(=O)NC=O)C(=O)NC(C)CCc1ccccc1. The van der Waals surface area contributed by atoms with Crippen LogP contribution in [-0.2, 0) is 16.0 Å². The van der Waals surface area contributed by atoms with Crippen molar-refractivity contribution in [3.8, 4) is 0 Å². The standard InChI is InChI=1S/C16H22N4O3/c1-11(8-9-13-6-4-3-5-7-13)19-15(22)14(12(2)17)20-16(23)18-10-21/h3-7,10-11H,8-9,17H2,1-2H3,(H,19,22)(H2,18,20,21,23)/b14-12+. The van der Waals surface area contributed by atoms with Crippen molar-refractivity contribution in [3.63, 3.8) is 0 Å². The van der Waals surface area contributed by atoms with E-state index in [0.717, 1.165) is 12.8 Å². The summed E-state index contributed by atoms with van der Waals surface area (Å²) < 4.78 is 0. The van der Waals surface area contributed by atoms with E-state index in [1.54, 1.807) is 0 Å². The second kappa shape index (κ2) is 9.24. The van der Waals surface area contributed by atoms with Crippen LogP contribution in [-0.4, -0.2) is 24.4 Å². The van der Waals surface area contributed by atoms with Gasteiger partial charge in [0.15, 0.2) is 0 Å². The van der Waals surface area contributed by atoms with Crippen LogP contribution in [0.1, 0.15) is 25.8 Å². The molecule has 5 N–H and O–H groups in total. The Morgan fingerprint density at radius 2 is 1.91 bits per heavy atom. The first-order valence-electron chi connectivity index (χ1n) is 7.26. The van der Waals surface area contributed by atoms with Crippen LogP contribution >= 0.6 is 0 Å². The van der Waals surface area contributed by atoms with Crippen molar-refractivity contribution in [3.05, 3.63) is 47.3 Å². The van der Waals surface area contributed by atoms with Gasteiger partial charge in [0, 0.05) is 11.7 Å². The Balaban J connectivity index is 2.55. The summed E-state index contributed by atoms with van der Waals surface area (Å²) in [4.78, 5) is 33.7. The van der Waals surface area contributed by atoms with Crippen LogP contribution in [0, 0.1) is 0 Å². The molecular formula is C16H22N4O3. The van der Waals surface area contributed by atoms with Crippen LogP contribution in [0.4, 0.5) is 4.79 Å². The Labute approximate surface area is 135 Å².